The molecule has 0 radical (unpaired) electrons. The molecule has 0 saturated carbocycles. The lowest BCUT2D eigenvalue weighted by atomic mass is 10.1. The Morgan fingerprint density at radius 1 is 0.895 bits per heavy atom. The van der Waals surface area contributed by atoms with Crippen LogP contribution in [0.4, 0.5) is 5.69 Å². The van der Waals surface area contributed by atoms with E-state index < -0.39 is 0 Å². The van der Waals surface area contributed by atoms with Crippen LogP contribution in [0, 0.1) is 0 Å². The van der Waals surface area contributed by atoms with Crippen LogP contribution in [0.1, 0.15) is 16.7 Å². The van der Waals surface area contributed by atoms with Gasteiger partial charge in [0.15, 0.2) is 0 Å². The Labute approximate surface area is 225 Å². The smallest absolute Gasteiger partial charge is 0.119 e. The zero-order valence-corrected chi connectivity index (χ0v) is 22.0. The molecule has 4 aromatic rings. The number of anilines is 1. The van der Waals surface area contributed by atoms with Crippen molar-refractivity contribution in [2.45, 2.75) is 19.7 Å². The summed E-state index contributed by atoms with van der Waals surface area (Å²) < 4.78 is 18.9. The van der Waals surface area contributed by atoms with Gasteiger partial charge in [-0.15, -0.1) is 0 Å². The fraction of sp³-hybridized carbons (Fsp3) is 0.323. The SMILES string of the molecule is COc1cccc(CN(Cc2cccc(-n3ccnc3)c2)c2ccc(COCCN3CCOCC3)cc2)c1. The highest BCUT2D eigenvalue weighted by molar-refractivity contribution is 5.50. The van der Waals surface area contributed by atoms with Crippen LogP contribution in [0.2, 0.25) is 0 Å². The third kappa shape index (κ3) is 7.22. The van der Waals surface area contributed by atoms with Gasteiger partial charge in [-0.05, 0) is 53.1 Å². The molecule has 3 aromatic carbocycles. The van der Waals surface area contributed by atoms with E-state index >= 15 is 0 Å². The summed E-state index contributed by atoms with van der Waals surface area (Å²) in [4.78, 5) is 8.98. The average Bonchev–Trinajstić information content (AvgIpc) is 3.52. The first-order valence-corrected chi connectivity index (χ1v) is 13.2. The first-order valence-electron chi connectivity index (χ1n) is 13.2. The summed E-state index contributed by atoms with van der Waals surface area (Å²) in [6.45, 7) is 7.47. The molecule has 0 unspecified atom stereocenters. The number of nitrogens with zero attached hydrogens (tertiary/aromatic N) is 4. The maximum Gasteiger partial charge on any atom is 0.119 e. The predicted octanol–water partition coefficient (Wildman–Crippen LogP) is 4.94. The molecule has 0 amide bonds. The summed E-state index contributed by atoms with van der Waals surface area (Å²) in [5.74, 6) is 0.870. The van der Waals surface area contributed by atoms with E-state index in [1.807, 2.05) is 29.2 Å². The lowest BCUT2D eigenvalue weighted by Crippen LogP contribution is -2.38. The molecule has 0 N–H and O–H groups in total. The lowest BCUT2D eigenvalue weighted by molar-refractivity contribution is 0.0180. The van der Waals surface area contributed by atoms with Crippen LogP contribution in [-0.4, -0.2) is 61.0 Å². The van der Waals surface area contributed by atoms with Crippen molar-refractivity contribution in [2.75, 3.05) is 51.5 Å². The molecule has 198 valence electrons. The van der Waals surface area contributed by atoms with Gasteiger partial charge in [0, 0.05) is 56.5 Å². The van der Waals surface area contributed by atoms with E-state index in [1.54, 1.807) is 13.3 Å². The minimum Gasteiger partial charge on any atom is -0.497 e. The van der Waals surface area contributed by atoms with Crippen molar-refractivity contribution < 1.29 is 14.2 Å². The van der Waals surface area contributed by atoms with Gasteiger partial charge in [0.1, 0.15) is 5.75 Å². The van der Waals surface area contributed by atoms with Crippen molar-refractivity contribution in [1.82, 2.24) is 14.5 Å². The first kappa shape index (κ1) is 26.0. The molecule has 0 atom stereocenters. The molecule has 2 heterocycles. The second kappa shape index (κ2) is 13.2. The number of rotatable bonds is 12. The van der Waals surface area contributed by atoms with Crippen molar-refractivity contribution in [3.63, 3.8) is 0 Å². The Kier molecular flexibility index (Phi) is 9.05. The van der Waals surface area contributed by atoms with E-state index in [9.17, 15) is 0 Å². The van der Waals surface area contributed by atoms with E-state index in [0.717, 1.165) is 69.7 Å². The largest absolute Gasteiger partial charge is 0.497 e. The Morgan fingerprint density at radius 2 is 1.66 bits per heavy atom. The topological polar surface area (TPSA) is 52.0 Å². The van der Waals surface area contributed by atoms with Gasteiger partial charge in [0.2, 0.25) is 0 Å². The van der Waals surface area contributed by atoms with Crippen LogP contribution in [0.3, 0.4) is 0 Å². The van der Waals surface area contributed by atoms with Crippen LogP contribution in [0.15, 0.2) is 91.5 Å². The molecule has 38 heavy (non-hydrogen) atoms. The van der Waals surface area contributed by atoms with Crippen LogP contribution < -0.4 is 9.64 Å². The molecule has 1 aliphatic rings. The van der Waals surface area contributed by atoms with Gasteiger partial charge in [0.05, 0.1) is 39.9 Å². The molecule has 0 spiro atoms. The van der Waals surface area contributed by atoms with Crippen LogP contribution in [-0.2, 0) is 29.2 Å². The maximum absolute atomic E-state index is 5.97. The standard InChI is InChI=1S/C31H36N4O3/c1-36-31-7-3-5-28(21-31)23-35(22-27-4-2-6-30(20-27)34-13-12-32-25-34)29-10-8-26(9-11-29)24-38-19-16-33-14-17-37-18-15-33/h2-13,20-21,25H,14-19,22-24H2,1H3. The molecule has 1 aromatic heterocycles. The number of morpholine rings is 1. The Morgan fingerprint density at radius 3 is 2.39 bits per heavy atom. The van der Waals surface area contributed by atoms with Crippen molar-refractivity contribution in [2.24, 2.45) is 0 Å². The minimum atomic E-state index is 0.619. The Hall–Kier alpha value is -3.65. The number of aromatic nitrogens is 2. The fourth-order valence-corrected chi connectivity index (χ4v) is 4.69. The van der Waals surface area contributed by atoms with Gasteiger partial charge in [0.25, 0.3) is 0 Å². The number of hydrogen-bond donors (Lipinski definition) is 0. The number of ether oxygens (including phenoxy) is 3. The van der Waals surface area contributed by atoms with Gasteiger partial charge in [-0.2, -0.15) is 0 Å². The number of benzene rings is 3. The van der Waals surface area contributed by atoms with E-state index in [-0.39, 0.29) is 0 Å². The van der Waals surface area contributed by atoms with Crippen LogP contribution in [0.5, 0.6) is 5.75 Å². The van der Waals surface area contributed by atoms with Gasteiger partial charge >= 0.3 is 0 Å². The highest BCUT2D eigenvalue weighted by Gasteiger charge is 2.12. The number of imidazole rings is 1. The summed E-state index contributed by atoms with van der Waals surface area (Å²) in [5.41, 5.74) is 5.88. The molecule has 1 aliphatic heterocycles. The fourth-order valence-electron chi connectivity index (χ4n) is 4.69. The monoisotopic (exact) mass is 512 g/mol. The highest BCUT2D eigenvalue weighted by atomic mass is 16.5. The molecule has 0 aliphatic carbocycles. The molecule has 0 bridgehead atoms. The van der Waals surface area contributed by atoms with Gasteiger partial charge in [-0.1, -0.05) is 36.4 Å². The molecule has 1 fully saturated rings. The normalized spacial score (nSPS) is 13.9. The minimum absolute atomic E-state index is 0.619. The summed E-state index contributed by atoms with van der Waals surface area (Å²) in [6.07, 6.45) is 5.60. The average molecular weight is 513 g/mol. The molecular formula is C31H36N4O3. The Balaban J connectivity index is 1.27. The van der Waals surface area contributed by atoms with Gasteiger partial charge in [-0.25, -0.2) is 4.98 Å². The third-order valence-corrected chi connectivity index (χ3v) is 6.82. The van der Waals surface area contributed by atoms with Crippen molar-refractivity contribution in [3.05, 3.63) is 108 Å². The van der Waals surface area contributed by atoms with Crippen molar-refractivity contribution in [3.8, 4) is 11.4 Å². The zero-order valence-electron chi connectivity index (χ0n) is 22.0. The second-order valence-electron chi connectivity index (χ2n) is 9.52. The highest BCUT2D eigenvalue weighted by Crippen LogP contribution is 2.24. The summed E-state index contributed by atoms with van der Waals surface area (Å²) in [7, 11) is 1.71. The van der Waals surface area contributed by atoms with Gasteiger partial charge in [-0.3, -0.25) is 4.90 Å². The van der Waals surface area contributed by atoms with E-state index in [0.29, 0.717) is 6.61 Å². The van der Waals surface area contributed by atoms with E-state index in [2.05, 4.69) is 75.4 Å². The number of methoxy groups -OCH3 is 1. The predicted molar refractivity (Wildman–Crippen MR) is 150 cm³/mol. The Bertz CT molecular complexity index is 1250. The first-order chi connectivity index (χ1) is 18.8. The summed E-state index contributed by atoms with van der Waals surface area (Å²) in [6, 6.07) is 25.6. The maximum atomic E-state index is 5.97. The molecule has 7 nitrogen and oxygen atoms in total. The van der Waals surface area contributed by atoms with Crippen molar-refractivity contribution in [1.29, 1.82) is 0 Å². The summed E-state index contributed by atoms with van der Waals surface area (Å²) >= 11 is 0. The van der Waals surface area contributed by atoms with Crippen LogP contribution >= 0.6 is 0 Å². The van der Waals surface area contributed by atoms with E-state index in [1.165, 1.54) is 16.7 Å². The number of hydrogen-bond acceptors (Lipinski definition) is 6. The quantitative estimate of drug-likeness (QED) is 0.251. The molecule has 1 saturated heterocycles. The molecule has 7 heteroatoms. The summed E-state index contributed by atoms with van der Waals surface area (Å²) in [5, 5.41) is 0. The van der Waals surface area contributed by atoms with Crippen LogP contribution in [0.25, 0.3) is 5.69 Å². The van der Waals surface area contributed by atoms with Crippen molar-refractivity contribution >= 4 is 5.69 Å². The lowest BCUT2D eigenvalue weighted by Gasteiger charge is -2.26. The second-order valence-corrected chi connectivity index (χ2v) is 9.52. The zero-order chi connectivity index (χ0) is 26.0. The van der Waals surface area contributed by atoms with Gasteiger partial charge < -0.3 is 23.7 Å². The molecular weight excluding hydrogens is 476 g/mol. The third-order valence-electron chi connectivity index (χ3n) is 6.82. The molecule has 5 rings (SSSR count). The van der Waals surface area contributed by atoms with E-state index in [4.69, 9.17) is 14.2 Å².